The molecule has 164 valence electrons. The lowest BCUT2D eigenvalue weighted by Crippen LogP contribution is -2.24. The molecule has 0 fully saturated rings. The third-order valence-corrected chi connectivity index (χ3v) is 4.40. The zero-order chi connectivity index (χ0) is 22.9. The van der Waals surface area contributed by atoms with Crippen molar-refractivity contribution in [1.29, 1.82) is 0 Å². The third-order valence-electron chi connectivity index (χ3n) is 4.40. The number of hydrogen-bond acceptors (Lipinski definition) is 5. The van der Waals surface area contributed by atoms with Gasteiger partial charge in [0.25, 0.3) is 11.8 Å². The normalized spacial score (nSPS) is 10.2. The van der Waals surface area contributed by atoms with Crippen LogP contribution in [0.4, 0.5) is 14.9 Å². The van der Waals surface area contributed by atoms with E-state index in [0.717, 1.165) is 0 Å². The van der Waals surface area contributed by atoms with Crippen LogP contribution in [0.2, 0.25) is 0 Å². The van der Waals surface area contributed by atoms with E-state index in [4.69, 9.17) is 9.47 Å². The molecule has 0 aliphatic rings. The Kier molecular flexibility index (Phi) is 7.53. The summed E-state index contributed by atoms with van der Waals surface area (Å²) in [5.41, 5.74) is 1.39. The first-order chi connectivity index (χ1) is 15.5. The maximum Gasteiger partial charge on any atom is 0.513 e. The molecule has 0 unspecified atom stereocenters. The predicted octanol–water partition coefficient (Wildman–Crippen LogP) is 4.54. The minimum absolute atomic E-state index is 0.0727. The SMILES string of the molecule is CCOC(=O)Oc1ccc(C(=O)NCc2ccccc2NC(=O)c2ccccc2F)cc1. The van der Waals surface area contributed by atoms with Crippen LogP contribution in [0.25, 0.3) is 0 Å². The number of halogens is 1. The first-order valence-electron chi connectivity index (χ1n) is 9.84. The molecule has 3 aromatic carbocycles. The highest BCUT2D eigenvalue weighted by Gasteiger charge is 2.14. The van der Waals surface area contributed by atoms with Gasteiger partial charge in [0.2, 0.25) is 0 Å². The van der Waals surface area contributed by atoms with Crippen LogP contribution in [0.3, 0.4) is 0 Å². The van der Waals surface area contributed by atoms with Crippen molar-refractivity contribution in [3.05, 3.63) is 95.3 Å². The topological polar surface area (TPSA) is 93.7 Å². The average Bonchev–Trinajstić information content (AvgIpc) is 2.79. The number of hydrogen-bond donors (Lipinski definition) is 2. The van der Waals surface area contributed by atoms with Crippen molar-refractivity contribution in [2.24, 2.45) is 0 Å². The van der Waals surface area contributed by atoms with Crippen LogP contribution in [0.5, 0.6) is 5.75 Å². The molecule has 0 saturated heterocycles. The molecular formula is C24H21FN2O5. The third kappa shape index (κ3) is 5.91. The van der Waals surface area contributed by atoms with E-state index < -0.39 is 17.9 Å². The second-order valence-corrected chi connectivity index (χ2v) is 6.58. The molecule has 2 amide bonds. The van der Waals surface area contributed by atoms with Crippen LogP contribution in [0, 0.1) is 5.82 Å². The van der Waals surface area contributed by atoms with Gasteiger partial charge in [-0.05, 0) is 55.0 Å². The Morgan fingerprint density at radius 1 is 0.875 bits per heavy atom. The number of carbonyl (C=O) groups is 3. The predicted molar refractivity (Wildman–Crippen MR) is 116 cm³/mol. The lowest BCUT2D eigenvalue weighted by atomic mass is 10.1. The second-order valence-electron chi connectivity index (χ2n) is 6.58. The molecule has 0 aliphatic carbocycles. The summed E-state index contributed by atoms with van der Waals surface area (Å²) in [6, 6.07) is 18.6. The van der Waals surface area contributed by atoms with Gasteiger partial charge >= 0.3 is 6.16 Å². The van der Waals surface area contributed by atoms with E-state index in [9.17, 15) is 18.8 Å². The van der Waals surface area contributed by atoms with Gasteiger partial charge in [0.1, 0.15) is 11.6 Å². The number of ether oxygens (including phenoxy) is 2. The molecule has 0 radical (unpaired) electrons. The largest absolute Gasteiger partial charge is 0.513 e. The Morgan fingerprint density at radius 3 is 2.28 bits per heavy atom. The van der Waals surface area contributed by atoms with Gasteiger partial charge in [-0.15, -0.1) is 0 Å². The van der Waals surface area contributed by atoms with Gasteiger partial charge in [-0.2, -0.15) is 0 Å². The Morgan fingerprint density at radius 2 is 1.56 bits per heavy atom. The van der Waals surface area contributed by atoms with E-state index in [-0.39, 0.29) is 30.4 Å². The van der Waals surface area contributed by atoms with E-state index in [2.05, 4.69) is 10.6 Å². The zero-order valence-corrected chi connectivity index (χ0v) is 17.3. The summed E-state index contributed by atoms with van der Waals surface area (Å²) in [4.78, 5) is 36.2. The monoisotopic (exact) mass is 436 g/mol. The van der Waals surface area contributed by atoms with Crippen LogP contribution in [-0.4, -0.2) is 24.6 Å². The summed E-state index contributed by atoms with van der Waals surface area (Å²) >= 11 is 0. The highest BCUT2D eigenvalue weighted by atomic mass is 19.1. The molecule has 0 bridgehead atoms. The highest BCUT2D eigenvalue weighted by Crippen LogP contribution is 2.18. The molecular weight excluding hydrogens is 415 g/mol. The van der Waals surface area contributed by atoms with Gasteiger partial charge in [0.05, 0.1) is 12.2 Å². The van der Waals surface area contributed by atoms with Crippen LogP contribution < -0.4 is 15.4 Å². The number of amides is 2. The van der Waals surface area contributed by atoms with Gasteiger partial charge in [-0.25, -0.2) is 9.18 Å². The molecule has 0 heterocycles. The average molecular weight is 436 g/mol. The van der Waals surface area contributed by atoms with Crippen LogP contribution in [0.1, 0.15) is 33.2 Å². The van der Waals surface area contributed by atoms with Crippen molar-refractivity contribution in [2.45, 2.75) is 13.5 Å². The molecule has 0 atom stereocenters. The summed E-state index contributed by atoms with van der Waals surface area (Å²) in [5.74, 6) is -1.31. The van der Waals surface area contributed by atoms with Gasteiger partial charge in [-0.1, -0.05) is 30.3 Å². The summed E-state index contributed by atoms with van der Waals surface area (Å²) in [6.07, 6.45) is -0.821. The lowest BCUT2D eigenvalue weighted by molar-refractivity contribution is 0.0950. The fourth-order valence-electron chi connectivity index (χ4n) is 2.83. The Labute approximate surface area is 184 Å². The number of para-hydroxylation sites is 1. The van der Waals surface area contributed by atoms with Crippen LogP contribution >= 0.6 is 0 Å². The molecule has 3 aromatic rings. The van der Waals surface area contributed by atoms with Crippen molar-refractivity contribution < 1.29 is 28.2 Å². The summed E-state index contributed by atoms with van der Waals surface area (Å²) < 4.78 is 23.5. The molecule has 0 spiro atoms. The molecule has 0 aromatic heterocycles. The number of anilines is 1. The number of rotatable bonds is 7. The fraction of sp³-hybridized carbons (Fsp3) is 0.125. The molecule has 8 heteroatoms. The van der Waals surface area contributed by atoms with E-state index >= 15 is 0 Å². The van der Waals surface area contributed by atoms with Gasteiger partial charge < -0.3 is 20.1 Å². The molecule has 3 rings (SSSR count). The molecule has 0 aliphatic heterocycles. The Hall–Kier alpha value is -4.20. The maximum absolute atomic E-state index is 13.9. The molecule has 0 saturated carbocycles. The first kappa shape index (κ1) is 22.5. The fourth-order valence-corrected chi connectivity index (χ4v) is 2.83. The lowest BCUT2D eigenvalue weighted by Gasteiger charge is -2.12. The summed E-state index contributed by atoms with van der Waals surface area (Å²) in [5, 5.41) is 5.44. The smallest absolute Gasteiger partial charge is 0.434 e. The number of nitrogens with one attached hydrogen (secondary N) is 2. The molecule has 2 N–H and O–H groups in total. The van der Waals surface area contributed by atoms with Crippen molar-refractivity contribution in [3.8, 4) is 5.75 Å². The van der Waals surface area contributed by atoms with E-state index in [0.29, 0.717) is 16.8 Å². The number of benzene rings is 3. The van der Waals surface area contributed by atoms with Crippen LogP contribution in [0.15, 0.2) is 72.8 Å². The molecule has 7 nitrogen and oxygen atoms in total. The minimum atomic E-state index is -0.821. The van der Waals surface area contributed by atoms with Crippen molar-refractivity contribution >= 4 is 23.7 Å². The van der Waals surface area contributed by atoms with E-state index in [1.54, 1.807) is 37.3 Å². The standard InChI is InChI=1S/C24H21FN2O5/c1-2-31-24(30)32-18-13-11-16(12-14-18)22(28)26-15-17-7-3-6-10-21(17)27-23(29)19-8-4-5-9-20(19)25/h3-14H,2,15H2,1H3,(H,26,28)(H,27,29). The van der Waals surface area contributed by atoms with Crippen LogP contribution in [-0.2, 0) is 11.3 Å². The van der Waals surface area contributed by atoms with E-state index in [1.807, 2.05) is 0 Å². The van der Waals surface area contributed by atoms with Crippen molar-refractivity contribution in [3.63, 3.8) is 0 Å². The van der Waals surface area contributed by atoms with Gasteiger partial charge in [-0.3, -0.25) is 9.59 Å². The highest BCUT2D eigenvalue weighted by molar-refractivity contribution is 6.04. The van der Waals surface area contributed by atoms with Crippen molar-refractivity contribution in [1.82, 2.24) is 5.32 Å². The second kappa shape index (κ2) is 10.7. The zero-order valence-electron chi connectivity index (χ0n) is 17.3. The van der Waals surface area contributed by atoms with Gasteiger partial charge in [0, 0.05) is 17.8 Å². The van der Waals surface area contributed by atoms with Gasteiger partial charge in [0.15, 0.2) is 0 Å². The first-order valence-corrected chi connectivity index (χ1v) is 9.84. The Bertz CT molecular complexity index is 1120. The number of carbonyl (C=O) groups excluding carboxylic acids is 3. The Balaban J connectivity index is 1.62. The quantitative estimate of drug-likeness (QED) is 0.419. The molecule has 32 heavy (non-hydrogen) atoms. The summed E-state index contributed by atoms with van der Waals surface area (Å²) in [6.45, 7) is 1.99. The van der Waals surface area contributed by atoms with Crippen molar-refractivity contribution in [2.75, 3.05) is 11.9 Å². The maximum atomic E-state index is 13.9. The summed E-state index contributed by atoms with van der Waals surface area (Å²) in [7, 11) is 0. The van der Waals surface area contributed by atoms with E-state index in [1.165, 1.54) is 42.5 Å². The minimum Gasteiger partial charge on any atom is -0.434 e.